The van der Waals surface area contributed by atoms with E-state index in [0.717, 1.165) is 12.0 Å². The minimum atomic E-state index is -0.844. The average Bonchev–Trinajstić information content (AvgIpc) is 2.02. The molecule has 78 valence electrons. The first-order chi connectivity index (χ1) is 6.45. The maximum Gasteiger partial charge on any atom is 0.0869 e. The zero-order valence-corrected chi connectivity index (χ0v) is 9.86. The van der Waals surface area contributed by atoms with Crippen LogP contribution in [0.2, 0.25) is 10.0 Å². The quantitative estimate of drug-likeness (QED) is 0.836. The summed E-state index contributed by atoms with van der Waals surface area (Å²) in [6.07, 6.45) is 1.61. The van der Waals surface area contributed by atoms with Crippen molar-refractivity contribution >= 4 is 23.2 Å². The smallest absolute Gasteiger partial charge is 0.0869 e. The Hall–Kier alpha value is -0.240. The van der Waals surface area contributed by atoms with Crippen molar-refractivity contribution < 1.29 is 5.11 Å². The highest BCUT2D eigenvalue weighted by Crippen LogP contribution is 2.30. The van der Waals surface area contributed by atoms with Gasteiger partial charge < -0.3 is 5.11 Å². The Morgan fingerprint density at radius 2 is 1.71 bits per heavy atom. The molecule has 0 heterocycles. The predicted molar refractivity (Wildman–Crippen MR) is 60.9 cm³/mol. The Morgan fingerprint density at radius 1 is 1.21 bits per heavy atom. The van der Waals surface area contributed by atoms with E-state index in [1.807, 2.05) is 6.92 Å². The van der Waals surface area contributed by atoms with Crippen molar-refractivity contribution in [2.24, 2.45) is 0 Å². The lowest BCUT2D eigenvalue weighted by molar-refractivity contribution is 0.0470. The van der Waals surface area contributed by atoms with E-state index >= 15 is 0 Å². The summed E-state index contributed by atoms with van der Waals surface area (Å²) < 4.78 is 0. The Kier molecular flexibility index (Phi) is 3.82. The van der Waals surface area contributed by atoms with Crippen LogP contribution in [-0.4, -0.2) is 5.11 Å². The molecular weight excluding hydrogens is 219 g/mol. The molecule has 0 saturated carbocycles. The highest BCUT2D eigenvalue weighted by molar-refractivity contribution is 6.34. The molecule has 0 spiro atoms. The summed E-state index contributed by atoms with van der Waals surface area (Å²) in [6.45, 7) is 3.80. The minimum Gasteiger partial charge on any atom is -0.385 e. The first-order valence-corrected chi connectivity index (χ1v) is 5.40. The fourth-order valence-electron chi connectivity index (χ4n) is 1.50. The van der Waals surface area contributed by atoms with E-state index in [1.165, 1.54) is 0 Å². The normalized spacial score (nSPS) is 15.2. The average molecular weight is 233 g/mol. The number of halogens is 2. The lowest BCUT2D eigenvalue weighted by Crippen LogP contribution is -2.20. The number of hydrogen-bond acceptors (Lipinski definition) is 1. The van der Waals surface area contributed by atoms with Crippen LogP contribution in [0.5, 0.6) is 0 Å². The predicted octanol–water partition coefficient (Wildman–Crippen LogP) is 4.00. The van der Waals surface area contributed by atoms with E-state index in [0.29, 0.717) is 16.5 Å². The van der Waals surface area contributed by atoms with Crippen molar-refractivity contribution in [2.45, 2.75) is 32.3 Å². The molecule has 0 amide bonds. The topological polar surface area (TPSA) is 20.2 Å². The summed E-state index contributed by atoms with van der Waals surface area (Å²) in [5.41, 5.74) is -0.0691. The van der Waals surface area contributed by atoms with E-state index < -0.39 is 5.60 Å². The standard InChI is InChI=1S/C11H14Cl2O/c1-3-4-11(2,14)8-5-9(12)7-10(13)6-8/h5-7,14H,3-4H2,1-2H3/t11-/m1/s1. The molecule has 1 N–H and O–H groups in total. The molecule has 0 aliphatic heterocycles. The first kappa shape index (κ1) is 11.8. The molecule has 0 aliphatic carbocycles. The van der Waals surface area contributed by atoms with Gasteiger partial charge in [-0.1, -0.05) is 36.5 Å². The van der Waals surface area contributed by atoms with E-state index in [2.05, 4.69) is 0 Å². The van der Waals surface area contributed by atoms with Gasteiger partial charge in [0.25, 0.3) is 0 Å². The van der Waals surface area contributed by atoms with Crippen LogP contribution >= 0.6 is 23.2 Å². The molecule has 1 atom stereocenters. The monoisotopic (exact) mass is 232 g/mol. The van der Waals surface area contributed by atoms with Crippen LogP contribution in [0.15, 0.2) is 18.2 Å². The van der Waals surface area contributed by atoms with Crippen LogP contribution in [-0.2, 0) is 5.60 Å². The molecule has 1 aromatic rings. The third kappa shape index (κ3) is 2.88. The van der Waals surface area contributed by atoms with Gasteiger partial charge in [-0.05, 0) is 37.1 Å². The zero-order valence-electron chi connectivity index (χ0n) is 8.35. The Morgan fingerprint density at radius 3 is 2.14 bits per heavy atom. The van der Waals surface area contributed by atoms with Crippen LogP contribution in [0.1, 0.15) is 32.3 Å². The van der Waals surface area contributed by atoms with Crippen molar-refractivity contribution in [1.82, 2.24) is 0 Å². The van der Waals surface area contributed by atoms with Crippen LogP contribution < -0.4 is 0 Å². The van der Waals surface area contributed by atoms with Crippen LogP contribution in [0, 0.1) is 0 Å². The van der Waals surface area contributed by atoms with Crippen LogP contribution in [0.3, 0.4) is 0 Å². The number of benzene rings is 1. The van der Waals surface area contributed by atoms with E-state index in [4.69, 9.17) is 23.2 Å². The Bertz CT molecular complexity index is 301. The Balaban J connectivity index is 3.05. The highest BCUT2D eigenvalue weighted by atomic mass is 35.5. The molecule has 3 heteroatoms. The molecule has 14 heavy (non-hydrogen) atoms. The lowest BCUT2D eigenvalue weighted by atomic mass is 9.91. The van der Waals surface area contributed by atoms with E-state index in [9.17, 15) is 5.11 Å². The second-order valence-electron chi connectivity index (χ2n) is 3.68. The number of rotatable bonds is 3. The van der Waals surface area contributed by atoms with Crippen molar-refractivity contribution in [3.8, 4) is 0 Å². The van der Waals surface area contributed by atoms with Gasteiger partial charge in [0.2, 0.25) is 0 Å². The fraction of sp³-hybridized carbons (Fsp3) is 0.455. The highest BCUT2D eigenvalue weighted by Gasteiger charge is 2.22. The van der Waals surface area contributed by atoms with Crippen molar-refractivity contribution in [2.75, 3.05) is 0 Å². The summed E-state index contributed by atoms with van der Waals surface area (Å²) in [4.78, 5) is 0. The molecular formula is C11H14Cl2O. The molecule has 0 bridgehead atoms. The third-order valence-electron chi connectivity index (χ3n) is 2.22. The third-order valence-corrected chi connectivity index (χ3v) is 2.66. The van der Waals surface area contributed by atoms with Gasteiger partial charge in [0.05, 0.1) is 5.60 Å². The molecule has 0 aromatic heterocycles. The van der Waals surface area contributed by atoms with Gasteiger partial charge in [-0.15, -0.1) is 0 Å². The summed E-state index contributed by atoms with van der Waals surface area (Å²) in [7, 11) is 0. The van der Waals surface area contributed by atoms with Crippen LogP contribution in [0.25, 0.3) is 0 Å². The molecule has 0 unspecified atom stereocenters. The summed E-state index contributed by atoms with van der Waals surface area (Å²) in [5, 5.41) is 11.2. The number of aliphatic hydroxyl groups is 1. The maximum absolute atomic E-state index is 10.1. The van der Waals surface area contributed by atoms with Crippen molar-refractivity contribution in [1.29, 1.82) is 0 Å². The van der Waals surface area contributed by atoms with E-state index in [1.54, 1.807) is 25.1 Å². The minimum absolute atomic E-state index is 0.559. The lowest BCUT2D eigenvalue weighted by Gasteiger charge is -2.23. The fourth-order valence-corrected chi connectivity index (χ4v) is 2.02. The molecule has 0 fully saturated rings. The summed E-state index contributed by atoms with van der Waals surface area (Å²) in [5.74, 6) is 0. The van der Waals surface area contributed by atoms with Gasteiger partial charge in [-0.25, -0.2) is 0 Å². The largest absolute Gasteiger partial charge is 0.385 e. The zero-order chi connectivity index (χ0) is 10.8. The van der Waals surface area contributed by atoms with Crippen molar-refractivity contribution in [3.63, 3.8) is 0 Å². The second-order valence-corrected chi connectivity index (χ2v) is 4.55. The van der Waals surface area contributed by atoms with Gasteiger partial charge >= 0.3 is 0 Å². The van der Waals surface area contributed by atoms with E-state index in [-0.39, 0.29) is 0 Å². The molecule has 1 rings (SSSR count). The van der Waals surface area contributed by atoms with Gasteiger partial charge in [-0.3, -0.25) is 0 Å². The second kappa shape index (κ2) is 4.52. The maximum atomic E-state index is 10.1. The summed E-state index contributed by atoms with van der Waals surface area (Å²) >= 11 is 11.7. The number of hydrogen-bond donors (Lipinski definition) is 1. The molecule has 1 aromatic carbocycles. The first-order valence-electron chi connectivity index (χ1n) is 4.64. The van der Waals surface area contributed by atoms with Crippen LogP contribution in [0.4, 0.5) is 0 Å². The molecule has 0 aliphatic rings. The molecule has 0 saturated heterocycles. The SMILES string of the molecule is CCC[C@@](C)(O)c1cc(Cl)cc(Cl)c1. The van der Waals surface area contributed by atoms with Crippen molar-refractivity contribution in [3.05, 3.63) is 33.8 Å². The van der Waals surface area contributed by atoms with Gasteiger partial charge in [0, 0.05) is 10.0 Å². The van der Waals surface area contributed by atoms with Gasteiger partial charge in [0.1, 0.15) is 0 Å². The molecule has 0 radical (unpaired) electrons. The van der Waals surface area contributed by atoms with Gasteiger partial charge in [0.15, 0.2) is 0 Å². The van der Waals surface area contributed by atoms with Gasteiger partial charge in [-0.2, -0.15) is 0 Å². The summed E-state index contributed by atoms with van der Waals surface area (Å²) in [6, 6.07) is 5.17. The Labute approximate surface area is 94.7 Å². The molecule has 1 nitrogen and oxygen atoms in total.